The summed E-state index contributed by atoms with van der Waals surface area (Å²) in [6, 6.07) is 43.7. The maximum absolute atomic E-state index is 2.42. The molecule has 43 heavy (non-hydrogen) atoms. The molecule has 0 spiro atoms. The van der Waals surface area contributed by atoms with Crippen LogP contribution in [-0.4, -0.2) is 20.6 Å². The van der Waals surface area contributed by atoms with Gasteiger partial charge >= 0.3 is 0 Å². The lowest BCUT2D eigenvalue weighted by Gasteiger charge is -2.26. The fraction of sp³-hybridized carbons (Fsp3) is 0.122. The first-order chi connectivity index (χ1) is 21.0. The molecular formula is C41H38N2. The van der Waals surface area contributed by atoms with Gasteiger partial charge in [0.1, 0.15) is 0 Å². The molecular weight excluding hydrogens is 520 g/mol. The zero-order chi connectivity index (χ0) is 29.8. The number of benzene rings is 5. The van der Waals surface area contributed by atoms with Gasteiger partial charge in [0.25, 0.3) is 0 Å². The summed E-state index contributed by atoms with van der Waals surface area (Å²) in [5, 5.41) is 0. The maximum Gasteiger partial charge on any atom is 0.0484 e. The molecule has 5 aromatic carbocycles. The summed E-state index contributed by atoms with van der Waals surface area (Å²) in [6.07, 6.45) is 9.13. The first-order valence-electron chi connectivity index (χ1n) is 15.0. The second-order valence-corrected chi connectivity index (χ2v) is 11.3. The quantitative estimate of drug-likeness (QED) is 0.183. The Morgan fingerprint density at radius 2 is 1.12 bits per heavy atom. The van der Waals surface area contributed by atoms with E-state index in [-0.39, 0.29) is 0 Å². The van der Waals surface area contributed by atoms with E-state index in [4.69, 9.17) is 0 Å². The van der Waals surface area contributed by atoms with E-state index < -0.39 is 0 Å². The van der Waals surface area contributed by atoms with Crippen molar-refractivity contribution in [2.75, 3.05) is 30.4 Å². The van der Waals surface area contributed by atoms with Crippen LogP contribution >= 0.6 is 0 Å². The number of hydrogen-bond acceptors (Lipinski definition) is 2. The van der Waals surface area contributed by atoms with Crippen LogP contribution < -0.4 is 9.80 Å². The second-order valence-electron chi connectivity index (χ2n) is 11.3. The summed E-state index contributed by atoms with van der Waals surface area (Å²) in [7, 11) is 4.15. The zero-order valence-electron chi connectivity index (χ0n) is 25.5. The minimum absolute atomic E-state index is 0.891. The van der Waals surface area contributed by atoms with E-state index in [1.165, 1.54) is 67.2 Å². The molecule has 6 rings (SSSR count). The van der Waals surface area contributed by atoms with Crippen molar-refractivity contribution >= 4 is 52.5 Å². The molecule has 1 heterocycles. The average Bonchev–Trinajstić information content (AvgIpc) is 3.20. The Morgan fingerprint density at radius 1 is 0.605 bits per heavy atom. The minimum atomic E-state index is 0.891. The molecule has 0 fully saturated rings. The monoisotopic (exact) mass is 558 g/mol. The highest BCUT2D eigenvalue weighted by atomic mass is 15.1. The van der Waals surface area contributed by atoms with Crippen LogP contribution in [0.3, 0.4) is 0 Å². The Kier molecular flexibility index (Phi) is 8.11. The van der Waals surface area contributed by atoms with Crippen molar-refractivity contribution in [2.45, 2.75) is 13.8 Å². The fourth-order valence-corrected chi connectivity index (χ4v) is 5.83. The molecule has 5 aromatic rings. The molecule has 0 amide bonds. The molecule has 212 valence electrons. The number of allylic oxidation sites excluding steroid dienone is 1. The molecule has 1 aliphatic heterocycles. The normalized spacial score (nSPS) is 12.9. The smallest absolute Gasteiger partial charge is 0.0484 e. The van der Waals surface area contributed by atoms with E-state index in [1.54, 1.807) is 0 Å². The van der Waals surface area contributed by atoms with Crippen LogP contribution in [0.4, 0.5) is 17.1 Å². The Bertz CT molecular complexity index is 1810. The van der Waals surface area contributed by atoms with Crippen molar-refractivity contribution in [1.82, 2.24) is 0 Å². The third-order valence-electron chi connectivity index (χ3n) is 8.15. The topological polar surface area (TPSA) is 6.48 Å². The van der Waals surface area contributed by atoms with Crippen molar-refractivity contribution in [2.24, 2.45) is 0 Å². The lowest BCUT2D eigenvalue weighted by molar-refractivity contribution is 1.02. The molecule has 2 heteroatoms. The van der Waals surface area contributed by atoms with Crippen molar-refractivity contribution in [3.8, 4) is 0 Å². The van der Waals surface area contributed by atoms with Gasteiger partial charge in [0.2, 0.25) is 0 Å². The van der Waals surface area contributed by atoms with Crippen LogP contribution in [0.15, 0.2) is 121 Å². The molecule has 0 bridgehead atoms. The third-order valence-corrected chi connectivity index (χ3v) is 8.15. The highest BCUT2D eigenvalue weighted by molar-refractivity contribution is 5.94. The van der Waals surface area contributed by atoms with E-state index in [1.807, 2.05) is 0 Å². The molecule has 0 radical (unpaired) electrons. The van der Waals surface area contributed by atoms with E-state index in [9.17, 15) is 0 Å². The number of hydrogen-bond donors (Lipinski definition) is 0. The SMILES string of the molecule is CCN1c2ccc(/C=C(\C)c3ccccc3)cc2C=Cc2cc(/C=C(\c3ccccc3)c3ccc(N(C)C)cc3)ccc21. The van der Waals surface area contributed by atoms with E-state index in [2.05, 4.69) is 183 Å². The number of fused-ring (bicyclic) bond motifs is 2. The summed E-state index contributed by atoms with van der Waals surface area (Å²) in [4.78, 5) is 4.56. The lowest BCUT2D eigenvalue weighted by Crippen LogP contribution is -2.17. The van der Waals surface area contributed by atoms with Gasteiger partial charge in [-0.25, -0.2) is 0 Å². The number of rotatable bonds is 7. The maximum atomic E-state index is 2.42. The van der Waals surface area contributed by atoms with Gasteiger partial charge in [0.15, 0.2) is 0 Å². The van der Waals surface area contributed by atoms with Crippen LogP contribution in [0.25, 0.3) is 35.5 Å². The van der Waals surface area contributed by atoms with Crippen molar-refractivity contribution in [3.05, 3.63) is 160 Å². The third kappa shape index (κ3) is 6.10. The van der Waals surface area contributed by atoms with E-state index in [0.29, 0.717) is 0 Å². The molecule has 0 atom stereocenters. The van der Waals surface area contributed by atoms with Gasteiger partial charge in [0.05, 0.1) is 0 Å². The summed E-state index contributed by atoms with van der Waals surface area (Å²) >= 11 is 0. The molecule has 0 unspecified atom stereocenters. The average molecular weight is 559 g/mol. The predicted molar refractivity (Wildman–Crippen MR) is 189 cm³/mol. The van der Waals surface area contributed by atoms with Crippen LogP contribution in [-0.2, 0) is 0 Å². The van der Waals surface area contributed by atoms with Gasteiger partial charge in [-0.3, -0.25) is 0 Å². The van der Waals surface area contributed by atoms with Gasteiger partial charge < -0.3 is 9.80 Å². The standard InChI is InChI=1S/C41H38N2/c1-5-43-40-24-16-31(26-30(2)33-12-8-6-9-13-33)27-36(40)18-19-37-28-32(17-25-41(37)43)29-39(34-14-10-7-11-15-34)35-20-22-38(23-21-35)42(3)4/h6-29H,5H2,1-4H3/b30-26+,39-29+. The molecule has 0 aromatic heterocycles. The minimum Gasteiger partial charge on any atom is -0.378 e. The molecule has 0 saturated carbocycles. The lowest BCUT2D eigenvalue weighted by atomic mass is 9.94. The van der Waals surface area contributed by atoms with Crippen LogP contribution in [0.1, 0.15) is 52.8 Å². The zero-order valence-corrected chi connectivity index (χ0v) is 25.5. The van der Waals surface area contributed by atoms with Crippen molar-refractivity contribution in [1.29, 1.82) is 0 Å². The summed E-state index contributed by atoms with van der Waals surface area (Å²) in [5.74, 6) is 0. The van der Waals surface area contributed by atoms with Crippen molar-refractivity contribution in [3.63, 3.8) is 0 Å². The Balaban J connectivity index is 1.38. The Labute approximate surface area is 256 Å². The fourth-order valence-electron chi connectivity index (χ4n) is 5.83. The summed E-state index contributed by atoms with van der Waals surface area (Å²) in [5.41, 5.74) is 14.6. The van der Waals surface area contributed by atoms with Crippen LogP contribution in [0.5, 0.6) is 0 Å². The van der Waals surface area contributed by atoms with Gasteiger partial charge in [-0.05, 0) is 106 Å². The summed E-state index contributed by atoms with van der Waals surface area (Å²) < 4.78 is 0. The van der Waals surface area contributed by atoms with Crippen LogP contribution in [0, 0.1) is 0 Å². The second kappa shape index (κ2) is 12.4. The van der Waals surface area contributed by atoms with Crippen LogP contribution in [0.2, 0.25) is 0 Å². The van der Waals surface area contributed by atoms with Gasteiger partial charge in [0, 0.05) is 37.7 Å². The first kappa shape index (κ1) is 28.1. The van der Waals surface area contributed by atoms with Gasteiger partial charge in [-0.15, -0.1) is 0 Å². The highest BCUT2D eigenvalue weighted by Crippen LogP contribution is 2.38. The van der Waals surface area contributed by atoms with E-state index >= 15 is 0 Å². The number of anilines is 3. The molecule has 0 aliphatic carbocycles. The molecule has 0 N–H and O–H groups in total. The van der Waals surface area contributed by atoms with Gasteiger partial charge in [-0.1, -0.05) is 103 Å². The molecule has 0 saturated heterocycles. The van der Waals surface area contributed by atoms with Gasteiger partial charge in [-0.2, -0.15) is 0 Å². The number of nitrogens with zero attached hydrogens (tertiary/aromatic N) is 2. The predicted octanol–water partition coefficient (Wildman–Crippen LogP) is 10.5. The van der Waals surface area contributed by atoms with E-state index in [0.717, 1.165) is 6.54 Å². The van der Waals surface area contributed by atoms with Crippen molar-refractivity contribution < 1.29 is 0 Å². The molecule has 1 aliphatic rings. The Hall–Kier alpha value is -5.08. The Morgan fingerprint density at radius 3 is 1.65 bits per heavy atom. The highest BCUT2D eigenvalue weighted by Gasteiger charge is 2.17. The largest absolute Gasteiger partial charge is 0.378 e. The molecule has 2 nitrogen and oxygen atoms in total. The first-order valence-corrected chi connectivity index (χ1v) is 15.0. The summed E-state index contributed by atoms with van der Waals surface area (Å²) in [6.45, 7) is 5.30.